The maximum absolute atomic E-state index is 13.6. The van der Waals surface area contributed by atoms with Crippen molar-refractivity contribution in [3.05, 3.63) is 59.4 Å². The molecule has 0 aliphatic carbocycles. The van der Waals surface area contributed by atoms with Crippen molar-refractivity contribution >= 4 is 66.1 Å². The molecule has 0 bridgehead atoms. The van der Waals surface area contributed by atoms with Gasteiger partial charge < -0.3 is 5.73 Å². The van der Waals surface area contributed by atoms with Gasteiger partial charge >= 0.3 is 0 Å². The molecule has 0 amide bonds. The van der Waals surface area contributed by atoms with Crippen molar-refractivity contribution in [2.75, 3.05) is 0 Å². The second kappa shape index (κ2) is 9.69. The maximum Gasteiger partial charge on any atom is 0.151 e. The molecule has 0 aromatic heterocycles. The van der Waals surface area contributed by atoms with Gasteiger partial charge in [-0.1, -0.05) is 53.5 Å². The van der Waals surface area contributed by atoms with Crippen LogP contribution >= 0.6 is 57.9 Å². The summed E-state index contributed by atoms with van der Waals surface area (Å²) < 4.78 is 14.1. The van der Waals surface area contributed by atoms with Gasteiger partial charge in [0.05, 0.1) is 0 Å². The number of amidine groups is 1. The number of thioether (sulfide) groups is 2. The first-order valence-corrected chi connectivity index (χ1v) is 10.7. The molecule has 0 aliphatic heterocycles. The summed E-state index contributed by atoms with van der Waals surface area (Å²) in [5.41, 5.74) is 7.36. The summed E-state index contributed by atoms with van der Waals surface area (Å²) in [6.07, 6.45) is 0. The molecular formula is C16H15FIN3S3. The lowest BCUT2D eigenvalue weighted by Crippen LogP contribution is -2.04. The third-order valence-corrected chi connectivity index (χ3v) is 6.60. The number of hydrogen-bond acceptors (Lipinski definition) is 5. The molecule has 0 radical (unpaired) electrons. The van der Waals surface area contributed by atoms with E-state index in [9.17, 15) is 4.39 Å². The number of hydrogen-bond donors (Lipinski definition) is 3. The highest BCUT2D eigenvalue weighted by Gasteiger charge is 2.10. The van der Waals surface area contributed by atoms with E-state index >= 15 is 0 Å². The Morgan fingerprint density at radius 2 is 1.67 bits per heavy atom. The van der Waals surface area contributed by atoms with Crippen LogP contribution in [0.25, 0.3) is 0 Å². The van der Waals surface area contributed by atoms with Crippen molar-refractivity contribution in [1.29, 1.82) is 10.8 Å². The molecule has 0 aliphatic rings. The van der Waals surface area contributed by atoms with Crippen LogP contribution in [0.5, 0.6) is 0 Å². The standard InChI is InChI=1S/C16H15FIN3S3/c17-12-5-6-14(11(7-12)9-23-16(20)21)24-13-4-2-1-3-10(13)8-22-15(18)19/h1-7,19H,8-9H2,(H3,20,21). The Hall–Kier alpha value is -0.710. The lowest BCUT2D eigenvalue weighted by molar-refractivity contribution is 0.625. The van der Waals surface area contributed by atoms with Gasteiger partial charge in [0.25, 0.3) is 0 Å². The van der Waals surface area contributed by atoms with Crippen molar-refractivity contribution in [3.63, 3.8) is 0 Å². The van der Waals surface area contributed by atoms with Crippen molar-refractivity contribution in [1.82, 2.24) is 0 Å². The second-order valence-corrected chi connectivity index (χ2v) is 9.57. The quantitative estimate of drug-likeness (QED) is 0.275. The molecule has 0 unspecified atom stereocenters. The summed E-state index contributed by atoms with van der Waals surface area (Å²) in [4.78, 5) is 2.04. The predicted octanol–water partition coefficient (Wildman–Crippen LogP) is 5.71. The van der Waals surface area contributed by atoms with Gasteiger partial charge in [-0.05, 0) is 58.0 Å². The molecule has 8 heteroatoms. The van der Waals surface area contributed by atoms with Gasteiger partial charge in [-0.15, -0.1) is 0 Å². The van der Waals surface area contributed by atoms with E-state index in [1.807, 2.05) is 46.9 Å². The Bertz CT molecular complexity index is 755. The van der Waals surface area contributed by atoms with Gasteiger partial charge in [0.15, 0.2) is 5.17 Å². The van der Waals surface area contributed by atoms with Crippen LogP contribution in [0.3, 0.4) is 0 Å². The fourth-order valence-electron chi connectivity index (χ4n) is 1.90. The number of nitrogens with one attached hydrogen (secondary N) is 2. The minimum absolute atomic E-state index is 0.0209. The molecule has 24 heavy (non-hydrogen) atoms. The molecule has 0 saturated carbocycles. The minimum Gasteiger partial charge on any atom is -0.379 e. The first kappa shape index (κ1) is 19.6. The normalized spacial score (nSPS) is 10.6. The van der Waals surface area contributed by atoms with Crippen LogP contribution in [0.2, 0.25) is 0 Å². The predicted molar refractivity (Wildman–Crippen MR) is 113 cm³/mol. The fourth-order valence-corrected chi connectivity index (χ4v) is 4.68. The summed E-state index contributed by atoms with van der Waals surface area (Å²) in [6.45, 7) is 0. The van der Waals surface area contributed by atoms with Crippen LogP contribution in [0, 0.1) is 16.6 Å². The molecule has 2 aromatic rings. The third-order valence-electron chi connectivity index (χ3n) is 2.95. The molecule has 0 heterocycles. The highest BCUT2D eigenvalue weighted by molar-refractivity contribution is 14.1. The lowest BCUT2D eigenvalue weighted by Gasteiger charge is -2.12. The molecular weight excluding hydrogens is 476 g/mol. The maximum atomic E-state index is 13.6. The highest BCUT2D eigenvalue weighted by Crippen LogP contribution is 2.36. The Balaban J connectivity index is 2.24. The monoisotopic (exact) mass is 491 g/mol. The van der Waals surface area contributed by atoms with E-state index in [2.05, 4.69) is 0 Å². The molecule has 0 spiro atoms. The molecule has 4 N–H and O–H groups in total. The average Bonchev–Trinajstić information content (AvgIpc) is 2.54. The van der Waals surface area contributed by atoms with Crippen molar-refractivity contribution in [2.24, 2.45) is 5.73 Å². The van der Waals surface area contributed by atoms with Crippen molar-refractivity contribution < 1.29 is 4.39 Å². The van der Waals surface area contributed by atoms with E-state index < -0.39 is 0 Å². The Morgan fingerprint density at radius 1 is 1.00 bits per heavy atom. The Labute approximate surface area is 166 Å². The summed E-state index contributed by atoms with van der Waals surface area (Å²) in [5, 5.41) is 14.9. The van der Waals surface area contributed by atoms with E-state index in [0.29, 0.717) is 8.80 Å². The first-order chi connectivity index (χ1) is 11.5. The second-order valence-electron chi connectivity index (χ2n) is 4.68. The van der Waals surface area contributed by atoms with E-state index in [0.717, 1.165) is 26.7 Å². The van der Waals surface area contributed by atoms with E-state index in [-0.39, 0.29) is 11.0 Å². The van der Waals surface area contributed by atoms with Gasteiger partial charge in [0.2, 0.25) is 0 Å². The molecule has 0 atom stereocenters. The smallest absolute Gasteiger partial charge is 0.151 e. The lowest BCUT2D eigenvalue weighted by atomic mass is 10.2. The van der Waals surface area contributed by atoms with Crippen LogP contribution in [-0.2, 0) is 11.5 Å². The molecule has 2 aromatic carbocycles. The van der Waals surface area contributed by atoms with E-state index in [4.69, 9.17) is 16.6 Å². The zero-order chi connectivity index (χ0) is 17.5. The van der Waals surface area contributed by atoms with Crippen LogP contribution in [0.4, 0.5) is 4.39 Å². The molecule has 2 rings (SSSR count). The zero-order valence-electron chi connectivity index (χ0n) is 12.5. The van der Waals surface area contributed by atoms with Gasteiger partial charge in [-0.3, -0.25) is 10.8 Å². The van der Waals surface area contributed by atoms with Gasteiger partial charge in [0.1, 0.15) is 8.87 Å². The minimum atomic E-state index is -0.291. The van der Waals surface area contributed by atoms with E-state index in [1.54, 1.807) is 17.8 Å². The van der Waals surface area contributed by atoms with Crippen molar-refractivity contribution in [3.8, 4) is 0 Å². The third kappa shape index (κ3) is 6.30. The Kier molecular flexibility index (Phi) is 7.92. The van der Waals surface area contributed by atoms with Gasteiger partial charge in [-0.2, -0.15) is 0 Å². The number of benzene rings is 2. The average molecular weight is 491 g/mol. The highest BCUT2D eigenvalue weighted by atomic mass is 127. The first-order valence-electron chi connectivity index (χ1n) is 6.83. The number of rotatable bonds is 6. The van der Waals surface area contributed by atoms with Crippen molar-refractivity contribution in [2.45, 2.75) is 21.3 Å². The van der Waals surface area contributed by atoms with Gasteiger partial charge in [-0.25, -0.2) is 4.39 Å². The number of nitrogens with two attached hydrogens (primary N) is 1. The van der Waals surface area contributed by atoms with E-state index in [1.165, 1.54) is 35.7 Å². The largest absolute Gasteiger partial charge is 0.379 e. The van der Waals surface area contributed by atoms with Crippen LogP contribution in [-0.4, -0.2) is 8.22 Å². The molecule has 126 valence electrons. The zero-order valence-corrected chi connectivity index (χ0v) is 17.1. The topological polar surface area (TPSA) is 73.7 Å². The van der Waals surface area contributed by atoms with Crippen LogP contribution in [0.1, 0.15) is 11.1 Å². The summed E-state index contributed by atoms with van der Waals surface area (Å²) >= 11 is 6.23. The fraction of sp³-hybridized carbons (Fsp3) is 0.125. The molecule has 0 saturated heterocycles. The van der Waals surface area contributed by atoms with Crippen LogP contribution < -0.4 is 5.73 Å². The summed E-state index contributed by atoms with van der Waals surface area (Å²) in [7, 11) is 0. The molecule has 0 fully saturated rings. The Morgan fingerprint density at radius 3 is 2.38 bits per heavy atom. The SMILES string of the molecule is N=C(N)SCc1cc(F)ccc1Sc1ccccc1CSC(=N)I. The number of halogens is 2. The summed E-state index contributed by atoms with van der Waals surface area (Å²) in [5.74, 6) is 0.898. The molecule has 3 nitrogen and oxygen atoms in total. The van der Waals surface area contributed by atoms with Gasteiger partial charge in [0, 0.05) is 21.3 Å². The summed E-state index contributed by atoms with van der Waals surface area (Å²) in [6, 6.07) is 12.7. The van der Waals surface area contributed by atoms with Crippen LogP contribution in [0.15, 0.2) is 52.3 Å².